The Bertz CT molecular complexity index is 751. The van der Waals surface area contributed by atoms with Gasteiger partial charge in [0.15, 0.2) is 5.78 Å². The summed E-state index contributed by atoms with van der Waals surface area (Å²) in [5.74, 6) is 0.164. The van der Waals surface area contributed by atoms with Gasteiger partial charge in [0.2, 0.25) is 5.91 Å². The van der Waals surface area contributed by atoms with Crippen molar-refractivity contribution >= 4 is 23.6 Å². The summed E-state index contributed by atoms with van der Waals surface area (Å²) < 4.78 is 5.35. The van der Waals surface area contributed by atoms with Crippen LogP contribution in [-0.2, 0) is 9.59 Å². The molecule has 2 aliphatic rings. The highest BCUT2D eigenvalue weighted by atomic mass is 16.5. The maximum Gasteiger partial charge on any atom is 0.322 e. The van der Waals surface area contributed by atoms with E-state index in [1.54, 1.807) is 29.2 Å². The summed E-state index contributed by atoms with van der Waals surface area (Å²) in [5, 5.41) is 4.91. The summed E-state index contributed by atoms with van der Waals surface area (Å²) in [6.07, 6.45) is 1.01. The molecule has 27 heavy (non-hydrogen) atoms. The van der Waals surface area contributed by atoms with E-state index in [0.29, 0.717) is 43.9 Å². The lowest BCUT2D eigenvalue weighted by atomic mass is 9.87. The van der Waals surface area contributed by atoms with Gasteiger partial charge in [-0.3, -0.25) is 19.7 Å². The van der Waals surface area contributed by atoms with Crippen LogP contribution in [0.3, 0.4) is 0 Å². The Kier molecular flexibility index (Phi) is 5.43. The molecule has 2 aliphatic heterocycles. The Labute approximate surface area is 157 Å². The predicted molar refractivity (Wildman–Crippen MR) is 96.4 cm³/mol. The normalized spacial score (nSPS) is 18.2. The van der Waals surface area contributed by atoms with E-state index in [-0.39, 0.29) is 30.4 Å². The van der Waals surface area contributed by atoms with Crippen molar-refractivity contribution in [2.75, 3.05) is 19.7 Å². The molecule has 0 saturated carbocycles. The summed E-state index contributed by atoms with van der Waals surface area (Å²) in [6, 6.07) is 6.39. The molecule has 144 valence electrons. The van der Waals surface area contributed by atoms with Gasteiger partial charge in [0.1, 0.15) is 11.3 Å². The first-order valence-corrected chi connectivity index (χ1v) is 9.11. The average molecular weight is 373 g/mol. The molecular weight excluding hydrogens is 350 g/mol. The third-order valence-electron chi connectivity index (χ3n) is 5.04. The number of ether oxygens (including phenoxy) is 1. The number of likely N-dealkylation sites (tertiary alicyclic amines) is 1. The zero-order valence-electron chi connectivity index (χ0n) is 15.2. The summed E-state index contributed by atoms with van der Waals surface area (Å²) >= 11 is 0. The lowest BCUT2D eigenvalue weighted by Crippen LogP contribution is -2.55. The topological polar surface area (TPSA) is 105 Å². The van der Waals surface area contributed by atoms with E-state index in [9.17, 15) is 19.2 Å². The van der Waals surface area contributed by atoms with Gasteiger partial charge in [-0.25, -0.2) is 4.79 Å². The third kappa shape index (κ3) is 4.10. The number of imide groups is 1. The van der Waals surface area contributed by atoms with Gasteiger partial charge in [0.25, 0.3) is 5.91 Å². The van der Waals surface area contributed by atoms with Gasteiger partial charge in [-0.1, -0.05) is 0 Å². The lowest BCUT2D eigenvalue weighted by molar-refractivity contribution is -0.135. The molecule has 1 spiro atoms. The molecule has 1 aromatic carbocycles. The van der Waals surface area contributed by atoms with Crippen molar-refractivity contribution in [1.82, 2.24) is 15.5 Å². The van der Waals surface area contributed by atoms with Crippen molar-refractivity contribution in [3.63, 3.8) is 0 Å². The number of hydrogen-bond acceptors (Lipinski definition) is 5. The Morgan fingerprint density at radius 3 is 2.33 bits per heavy atom. The van der Waals surface area contributed by atoms with Gasteiger partial charge >= 0.3 is 6.03 Å². The van der Waals surface area contributed by atoms with Crippen LogP contribution >= 0.6 is 0 Å². The maximum atomic E-state index is 12.4. The molecule has 3 rings (SSSR count). The summed E-state index contributed by atoms with van der Waals surface area (Å²) in [4.78, 5) is 49.6. The number of piperidine rings is 1. The zero-order chi connectivity index (χ0) is 19.4. The second-order valence-electron chi connectivity index (χ2n) is 6.75. The highest BCUT2D eigenvalue weighted by Crippen LogP contribution is 2.26. The third-order valence-corrected chi connectivity index (χ3v) is 5.04. The molecule has 2 heterocycles. The molecule has 2 N–H and O–H groups in total. The molecule has 0 radical (unpaired) electrons. The molecule has 0 unspecified atom stereocenters. The number of urea groups is 1. The molecule has 8 heteroatoms. The molecule has 8 nitrogen and oxygen atoms in total. The minimum absolute atomic E-state index is 0.0951. The van der Waals surface area contributed by atoms with Crippen LogP contribution in [0.25, 0.3) is 0 Å². The summed E-state index contributed by atoms with van der Waals surface area (Å²) in [6.45, 7) is 3.21. The molecule has 2 saturated heterocycles. The van der Waals surface area contributed by atoms with Crippen LogP contribution in [0.4, 0.5) is 4.79 Å². The quantitative estimate of drug-likeness (QED) is 0.577. The second kappa shape index (κ2) is 7.77. The van der Waals surface area contributed by atoms with Crippen molar-refractivity contribution in [2.45, 2.75) is 38.1 Å². The van der Waals surface area contributed by atoms with E-state index < -0.39 is 11.6 Å². The van der Waals surface area contributed by atoms with E-state index in [4.69, 9.17) is 4.74 Å². The van der Waals surface area contributed by atoms with E-state index in [0.717, 1.165) is 0 Å². The highest BCUT2D eigenvalue weighted by Gasteiger charge is 2.48. The smallest absolute Gasteiger partial charge is 0.322 e. The Hall–Kier alpha value is -2.90. The number of hydrogen-bond donors (Lipinski definition) is 2. The molecule has 2 fully saturated rings. The number of carbonyl (C=O) groups is 4. The van der Waals surface area contributed by atoms with Gasteiger partial charge in [0.05, 0.1) is 6.61 Å². The Morgan fingerprint density at radius 1 is 1.11 bits per heavy atom. The van der Waals surface area contributed by atoms with Crippen LogP contribution in [0.5, 0.6) is 5.75 Å². The zero-order valence-corrected chi connectivity index (χ0v) is 15.2. The van der Waals surface area contributed by atoms with Crippen LogP contribution in [-0.4, -0.2) is 53.8 Å². The van der Waals surface area contributed by atoms with E-state index in [1.165, 1.54) is 0 Å². The van der Waals surface area contributed by atoms with Crippen LogP contribution in [0.15, 0.2) is 24.3 Å². The molecular formula is C19H23N3O5. The number of rotatable bonds is 6. The lowest BCUT2D eigenvalue weighted by Gasteiger charge is -2.37. The highest BCUT2D eigenvalue weighted by molar-refractivity contribution is 6.07. The second-order valence-corrected chi connectivity index (χ2v) is 6.75. The standard InChI is InChI=1S/C19H23N3O5/c1-2-27-14-5-3-13(4-6-14)15(23)7-8-16(24)22-11-9-19(10-12-22)17(25)20-18(26)21-19/h3-6H,2,7-12H2,1H3,(H2,20,21,25,26). The number of nitrogens with zero attached hydrogens (tertiary/aromatic N) is 1. The van der Waals surface area contributed by atoms with Crippen LogP contribution in [0, 0.1) is 0 Å². The van der Waals surface area contributed by atoms with Gasteiger partial charge < -0.3 is 15.0 Å². The largest absolute Gasteiger partial charge is 0.494 e. The number of benzene rings is 1. The fourth-order valence-electron chi connectivity index (χ4n) is 3.44. The average Bonchev–Trinajstić information content (AvgIpc) is 2.93. The van der Waals surface area contributed by atoms with Gasteiger partial charge in [-0.15, -0.1) is 0 Å². The number of ketones is 1. The fraction of sp³-hybridized carbons (Fsp3) is 0.474. The fourth-order valence-corrected chi connectivity index (χ4v) is 3.44. The Balaban J connectivity index is 1.48. The van der Waals surface area contributed by atoms with Gasteiger partial charge in [0, 0.05) is 31.5 Å². The van der Waals surface area contributed by atoms with Gasteiger partial charge in [-0.2, -0.15) is 0 Å². The molecule has 0 bridgehead atoms. The maximum absolute atomic E-state index is 12.4. The predicted octanol–water partition coefficient (Wildman–Crippen LogP) is 1.25. The first kappa shape index (κ1) is 18.9. The minimum atomic E-state index is -0.897. The minimum Gasteiger partial charge on any atom is -0.494 e. The summed E-state index contributed by atoms with van der Waals surface area (Å²) in [7, 11) is 0. The van der Waals surface area contributed by atoms with E-state index in [2.05, 4.69) is 10.6 Å². The first-order chi connectivity index (χ1) is 12.9. The van der Waals surface area contributed by atoms with Crippen molar-refractivity contribution in [1.29, 1.82) is 0 Å². The summed E-state index contributed by atoms with van der Waals surface area (Å²) in [5.41, 5.74) is -0.347. The van der Waals surface area contributed by atoms with Crippen LogP contribution in [0.2, 0.25) is 0 Å². The number of Topliss-reactive ketones (excluding diaryl/α,β-unsaturated/α-hetero) is 1. The van der Waals surface area contributed by atoms with E-state index >= 15 is 0 Å². The first-order valence-electron chi connectivity index (χ1n) is 9.11. The van der Waals surface area contributed by atoms with Crippen molar-refractivity contribution in [3.8, 4) is 5.75 Å². The SMILES string of the molecule is CCOc1ccc(C(=O)CCC(=O)N2CCC3(CC2)NC(=O)NC3=O)cc1. The number of carbonyl (C=O) groups excluding carboxylic acids is 4. The monoisotopic (exact) mass is 373 g/mol. The molecule has 0 aliphatic carbocycles. The Morgan fingerprint density at radius 2 is 1.78 bits per heavy atom. The van der Waals surface area contributed by atoms with Gasteiger partial charge in [-0.05, 0) is 44.0 Å². The van der Waals surface area contributed by atoms with Crippen LogP contribution in [0.1, 0.15) is 43.0 Å². The number of amides is 4. The van der Waals surface area contributed by atoms with E-state index in [1.807, 2.05) is 6.92 Å². The van der Waals surface area contributed by atoms with Crippen LogP contribution < -0.4 is 15.4 Å². The van der Waals surface area contributed by atoms with Crippen molar-refractivity contribution in [3.05, 3.63) is 29.8 Å². The molecule has 0 aromatic heterocycles. The van der Waals surface area contributed by atoms with Crippen molar-refractivity contribution < 1.29 is 23.9 Å². The molecule has 0 atom stereocenters. The molecule has 4 amide bonds. The van der Waals surface area contributed by atoms with Crippen molar-refractivity contribution in [2.24, 2.45) is 0 Å². The number of nitrogens with one attached hydrogen (secondary N) is 2. The molecule has 1 aromatic rings.